The van der Waals surface area contributed by atoms with Gasteiger partial charge >= 0.3 is 5.97 Å². The number of piperidine rings is 1. The topological polar surface area (TPSA) is 53.7 Å². The van der Waals surface area contributed by atoms with Crippen molar-refractivity contribution in [2.24, 2.45) is 5.92 Å². The van der Waals surface area contributed by atoms with Gasteiger partial charge in [0.15, 0.2) is 0 Å². The summed E-state index contributed by atoms with van der Waals surface area (Å²) in [6.07, 6.45) is 2.41. The number of rotatable bonds is 3. The molecule has 1 aromatic heterocycles. The maximum Gasteiger partial charge on any atom is 0.371 e. The van der Waals surface area contributed by atoms with E-state index in [4.69, 9.17) is 9.52 Å². The predicted octanol–water partition coefficient (Wildman–Crippen LogP) is 2.77. The molecule has 0 saturated carbocycles. The van der Waals surface area contributed by atoms with Crippen LogP contribution in [0.1, 0.15) is 49.0 Å². The Balaban J connectivity index is 2.03. The number of hydrogen-bond acceptors (Lipinski definition) is 3. The molecule has 2 rings (SSSR count). The van der Waals surface area contributed by atoms with Gasteiger partial charge in [-0.2, -0.15) is 0 Å². The van der Waals surface area contributed by atoms with E-state index < -0.39 is 5.97 Å². The Morgan fingerprint density at radius 1 is 1.47 bits per heavy atom. The monoisotopic (exact) mass is 237 g/mol. The minimum absolute atomic E-state index is 0.0252. The maximum absolute atomic E-state index is 10.7. The Bertz CT molecular complexity index is 391. The zero-order chi connectivity index (χ0) is 12.4. The van der Waals surface area contributed by atoms with Crippen LogP contribution in [0.15, 0.2) is 16.5 Å². The highest BCUT2D eigenvalue weighted by Gasteiger charge is 2.24. The molecule has 1 atom stereocenters. The summed E-state index contributed by atoms with van der Waals surface area (Å²) in [5, 5.41) is 8.82. The quantitative estimate of drug-likeness (QED) is 0.878. The van der Waals surface area contributed by atoms with Gasteiger partial charge in [0.2, 0.25) is 5.76 Å². The summed E-state index contributed by atoms with van der Waals surface area (Å²) in [5.74, 6) is 0.564. The second kappa shape index (κ2) is 4.92. The highest BCUT2D eigenvalue weighted by atomic mass is 16.4. The average molecular weight is 237 g/mol. The SMILES string of the molecule is CC1CCN(C(C)c2ccc(C(=O)O)o2)CC1. The number of carbonyl (C=O) groups is 1. The smallest absolute Gasteiger partial charge is 0.371 e. The van der Waals surface area contributed by atoms with Gasteiger partial charge in [0.25, 0.3) is 0 Å². The number of nitrogens with zero attached hydrogens (tertiary/aromatic N) is 1. The van der Waals surface area contributed by atoms with Crippen molar-refractivity contribution < 1.29 is 14.3 Å². The van der Waals surface area contributed by atoms with E-state index in [1.807, 2.05) is 0 Å². The average Bonchev–Trinajstić information content (AvgIpc) is 2.78. The van der Waals surface area contributed by atoms with E-state index in [0.717, 1.165) is 24.8 Å². The molecular weight excluding hydrogens is 218 g/mol. The lowest BCUT2D eigenvalue weighted by Gasteiger charge is -2.33. The molecule has 1 unspecified atom stereocenters. The number of aromatic carboxylic acids is 1. The molecule has 1 fully saturated rings. The number of carboxylic acid groups (broad SMARTS) is 1. The van der Waals surface area contributed by atoms with Crippen LogP contribution in [0.25, 0.3) is 0 Å². The third kappa shape index (κ3) is 2.69. The molecule has 0 radical (unpaired) electrons. The third-order valence-corrected chi connectivity index (χ3v) is 3.62. The van der Waals surface area contributed by atoms with Crippen LogP contribution < -0.4 is 0 Å². The second-order valence-electron chi connectivity index (χ2n) is 4.90. The molecule has 0 aromatic carbocycles. The van der Waals surface area contributed by atoms with Crippen LogP contribution in [0, 0.1) is 5.92 Å². The van der Waals surface area contributed by atoms with Crippen LogP contribution in [0.5, 0.6) is 0 Å². The molecule has 0 amide bonds. The normalized spacial score (nSPS) is 20.4. The van der Waals surface area contributed by atoms with Gasteiger partial charge in [-0.3, -0.25) is 4.90 Å². The summed E-state index contributed by atoms with van der Waals surface area (Å²) in [4.78, 5) is 13.1. The van der Waals surface area contributed by atoms with Crippen molar-refractivity contribution in [3.63, 3.8) is 0 Å². The first kappa shape index (κ1) is 12.2. The summed E-state index contributed by atoms with van der Waals surface area (Å²) in [5.41, 5.74) is 0. The van der Waals surface area contributed by atoms with Crippen LogP contribution in [-0.4, -0.2) is 29.1 Å². The molecule has 1 N–H and O–H groups in total. The third-order valence-electron chi connectivity index (χ3n) is 3.62. The zero-order valence-electron chi connectivity index (χ0n) is 10.3. The Hall–Kier alpha value is -1.29. The number of likely N-dealkylation sites (tertiary alicyclic amines) is 1. The molecule has 4 heteroatoms. The first-order chi connectivity index (χ1) is 8.08. The highest BCUT2D eigenvalue weighted by molar-refractivity contribution is 5.84. The van der Waals surface area contributed by atoms with E-state index in [-0.39, 0.29) is 11.8 Å². The van der Waals surface area contributed by atoms with E-state index in [1.54, 1.807) is 6.07 Å². The Labute approximate surface area is 101 Å². The molecule has 2 heterocycles. The molecule has 0 bridgehead atoms. The van der Waals surface area contributed by atoms with E-state index >= 15 is 0 Å². The van der Waals surface area contributed by atoms with Crippen molar-refractivity contribution in [2.75, 3.05) is 13.1 Å². The van der Waals surface area contributed by atoms with Crippen LogP contribution >= 0.6 is 0 Å². The molecule has 0 aliphatic carbocycles. The number of carboxylic acids is 1. The number of furan rings is 1. The summed E-state index contributed by atoms with van der Waals surface area (Å²) in [7, 11) is 0. The first-order valence-electron chi connectivity index (χ1n) is 6.15. The van der Waals surface area contributed by atoms with Gasteiger partial charge in [-0.15, -0.1) is 0 Å². The summed E-state index contributed by atoms with van der Waals surface area (Å²) in [6, 6.07) is 3.46. The molecule has 1 aromatic rings. The molecule has 0 spiro atoms. The molecule has 94 valence electrons. The van der Waals surface area contributed by atoms with E-state index in [9.17, 15) is 4.79 Å². The van der Waals surface area contributed by atoms with Gasteiger partial charge in [0.05, 0.1) is 6.04 Å². The zero-order valence-corrected chi connectivity index (χ0v) is 10.3. The van der Waals surface area contributed by atoms with E-state index in [0.29, 0.717) is 0 Å². The minimum Gasteiger partial charge on any atom is -0.475 e. The van der Waals surface area contributed by atoms with Crippen molar-refractivity contribution in [3.8, 4) is 0 Å². The Kier molecular flexibility index (Phi) is 3.52. The van der Waals surface area contributed by atoms with Gasteiger partial charge in [-0.1, -0.05) is 6.92 Å². The Morgan fingerprint density at radius 2 is 2.12 bits per heavy atom. The molecule has 4 nitrogen and oxygen atoms in total. The van der Waals surface area contributed by atoms with Gasteiger partial charge in [0, 0.05) is 0 Å². The number of hydrogen-bond donors (Lipinski definition) is 1. The molecule has 1 saturated heterocycles. The Morgan fingerprint density at radius 3 is 2.65 bits per heavy atom. The van der Waals surface area contributed by atoms with Crippen LogP contribution in [0.3, 0.4) is 0 Å². The molecular formula is C13H19NO3. The summed E-state index contributed by atoms with van der Waals surface area (Å²) < 4.78 is 5.35. The summed E-state index contributed by atoms with van der Waals surface area (Å²) >= 11 is 0. The van der Waals surface area contributed by atoms with Gasteiger partial charge in [-0.05, 0) is 50.9 Å². The standard InChI is InChI=1S/C13H19NO3/c1-9-5-7-14(8-6-9)10(2)11-3-4-12(17-11)13(15)16/h3-4,9-10H,5-8H2,1-2H3,(H,15,16). The van der Waals surface area contributed by atoms with Crippen molar-refractivity contribution in [2.45, 2.75) is 32.7 Å². The largest absolute Gasteiger partial charge is 0.475 e. The maximum atomic E-state index is 10.7. The molecule has 17 heavy (non-hydrogen) atoms. The van der Waals surface area contributed by atoms with Crippen molar-refractivity contribution in [1.82, 2.24) is 4.90 Å². The first-order valence-corrected chi connectivity index (χ1v) is 6.15. The van der Waals surface area contributed by atoms with Gasteiger partial charge in [0.1, 0.15) is 5.76 Å². The highest BCUT2D eigenvalue weighted by Crippen LogP contribution is 2.27. The fraction of sp³-hybridized carbons (Fsp3) is 0.615. The predicted molar refractivity (Wildman–Crippen MR) is 64.1 cm³/mol. The van der Waals surface area contributed by atoms with Gasteiger partial charge in [-0.25, -0.2) is 4.79 Å². The van der Waals surface area contributed by atoms with Crippen molar-refractivity contribution in [1.29, 1.82) is 0 Å². The van der Waals surface area contributed by atoms with Crippen molar-refractivity contribution in [3.05, 3.63) is 23.7 Å². The van der Waals surface area contributed by atoms with Gasteiger partial charge < -0.3 is 9.52 Å². The van der Waals surface area contributed by atoms with E-state index in [2.05, 4.69) is 18.7 Å². The summed E-state index contributed by atoms with van der Waals surface area (Å²) in [6.45, 7) is 6.47. The molecule has 1 aliphatic rings. The minimum atomic E-state index is -1.00. The lowest BCUT2D eigenvalue weighted by Crippen LogP contribution is -2.34. The lowest BCUT2D eigenvalue weighted by atomic mass is 9.98. The lowest BCUT2D eigenvalue weighted by molar-refractivity contribution is 0.0653. The fourth-order valence-corrected chi connectivity index (χ4v) is 2.29. The van der Waals surface area contributed by atoms with Crippen LogP contribution in [0.2, 0.25) is 0 Å². The van der Waals surface area contributed by atoms with Crippen LogP contribution in [-0.2, 0) is 0 Å². The van der Waals surface area contributed by atoms with Crippen LogP contribution in [0.4, 0.5) is 0 Å². The fourth-order valence-electron chi connectivity index (χ4n) is 2.29. The van der Waals surface area contributed by atoms with Crippen molar-refractivity contribution >= 4 is 5.97 Å². The molecule has 1 aliphatic heterocycles. The van der Waals surface area contributed by atoms with E-state index in [1.165, 1.54) is 18.9 Å². The second-order valence-corrected chi connectivity index (χ2v) is 4.90.